The molecule has 2 aromatic rings. The van der Waals surface area contributed by atoms with Crippen molar-refractivity contribution in [3.63, 3.8) is 0 Å². The molecule has 0 radical (unpaired) electrons. The number of carbonyl (C=O) groups is 1. The predicted molar refractivity (Wildman–Crippen MR) is 90.3 cm³/mol. The maximum absolute atomic E-state index is 12.2. The third-order valence-corrected chi connectivity index (χ3v) is 4.20. The van der Waals surface area contributed by atoms with Crippen LogP contribution in [0.25, 0.3) is 0 Å². The van der Waals surface area contributed by atoms with E-state index in [-0.39, 0.29) is 29.9 Å². The Labute approximate surface area is 153 Å². The molecule has 0 unspecified atom stereocenters. The van der Waals surface area contributed by atoms with Crippen LogP contribution in [0.3, 0.4) is 0 Å². The lowest BCUT2D eigenvalue weighted by Gasteiger charge is -2.22. The summed E-state index contributed by atoms with van der Waals surface area (Å²) in [7, 11) is 0. The van der Waals surface area contributed by atoms with Gasteiger partial charge in [0.2, 0.25) is 0 Å². The van der Waals surface area contributed by atoms with E-state index in [9.17, 15) is 18.0 Å². The number of benzene rings is 1. The highest BCUT2D eigenvalue weighted by molar-refractivity contribution is 5.91. The third kappa shape index (κ3) is 5.68. The van der Waals surface area contributed by atoms with E-state index in [2.05, 4.69) is 25.7 Å². The van der Waals surface area contributed by atoms with Gasteiger partial charge in [-0.1, -0.05) is 17.3 Å². The first-order valence-corrected chi connectivity index (χ1v) is 8.60. The third-order valence-electron chi connectivity index (χ3n) is 4.20. The van der Waals surface area contributed by atoms with Gasteiger partial charge in [-0.05, 0) is 43.6 Å². The standard InChI is InChI=1S/C17H20F3N5O2/c18-17(19,20)11-27-14-3-1-12(2-4-14)9-22-16(26)15-10-25(24-23-15)13-5-7-21-8-6-13/h1-4,10,13,21H,5-9,11H2,(H,22,26). The minimum absolute atomic E-state index is 0.118. The molecule has 1 aromatic carbocycles. The molecule has 1 amide bonds. The molecule has 1 aliphatic rings. The zero-order valence-electron chi connectivity index (χ0n) is 14.5. The Kier molecular flexibility index (Phi) is 5.94. The first-order valence-electron chi connectivity index (χ1n) is 8.60. The zero-order valence-corrected chi connectivity index (χ0v) is 14.5. The average molecular weight is 383 g/mol. The van der Waals surface area contributed by atoms with Gasteiger partial charge in [-0.25, -0.2) is 4.68 Å². The summed E-state index contributed by atoms with van der Waals surface area (Å²) < 4.78 is 42.7. The molecule has 1 aliphatic heterocycles. The molecule has 1 aromatic heterocycles. The highest BCUT2D eigenvalue weighted by Gasteiger charge is 2.28. The van der Waals surface area contributed by atoms with Crippen molar-refractivity contribution in [1.29, 1.82) is 0 Å². The van der Waals surface area contributed by atoms with Crippen LogP contribution in [0.4, 0.5) is 13.2 Å². The van der Waals surface area contributed by atoms with Gasteiger partial charge in [-0.15, -0.1) is 5.10 Å². The van der Waals surface area contributed by atoms with Gasteiger partial charge in [-0.2, -0.15) is 13.2 Å². The SMILES string of the molecule is O=C(NCc1ccc(OCC(F)(F)F)cc1)c1cn(C2CCNCC2)nn1. The van der Waals surface area contributed by atoms with Crippen LogP contribution in [-0.4, -0.2) is 46.8 Å². The fourth-order valence-corrected chi connectivity index (χ4v) is 2.77. The van der Waals surface area contributed by atoms with Crippen molar-refractivity contribution in [3.8, 4) is 5.75 Å². The van der Waals surface area contributed by atoms with Gasteiger partial charge in [0.05, 0.1) is 12.2 Å². The molecule has 0 atom stereocenters. The summed E-state index contributed by atoms with van der Waals surface area (Å²) in [6.45, 7) is 0.706. The lowest BCUT2D eigenvalue weighted by molar-refractivity contribution is -0.153. The molecule has 0 saturated carbocycles. The van der Waals surface area contributed by atoms with Crippen molar-refractivity contribution in [1.82, 2.24) is 25.6 Å². The first kappa shape index (κ1) is 19.2. The Balaban J connectivity index is 1.49. The van der Waals surface area contributed by atoms with Crippen molar-refractivity contribution in [2.45, 2.75) is 31.6 Å². The highest BCUT2D eigenvalue weighted by atomic mass is 19.4. The minimum Gasteiger partial charge on any atom is -0.484 e. The zero-order chi connectivity index (χ0) is 19.3. The number of alkyl halides is 3. The van der Waals surface area contributed by atoms with Gasteiger partial charge >= 0.3 is 6.18 Å². The Morgan fingerprint density at radius 1 is 1.26 bits per heavy atom. The number of ether oxygens (including phenoxy) is 1. The second-order valence-electron chi connectivity index (χ2n) is 6.30. The van der Waals surface area contributed by atoms with Crippen LogP contribution < -0.4 is 15.4 Å². The topological polar surface area (TPSA) is 81.1 Å². The number of piperidine rings is 1. The van der Waals surface area contributed by atoms with E-state index in [4.69, 9.17) is 0 Å². The van der Waals surface area contributed by atoms with Gasteiger partial charge in [0.1, 0.15) is 5.75 Å². The summed E-state index contributed by atoms with van der Waals surface area (Å²) in [6.07, 6.45) is -0.863. The molecule has 0 aliphatic carbocycles. The quantitative estimate of drug-likeness (QED) is 0.798. The number of nitrogens with zero attached hydrogens (tertiary/aromatic N) is 3. The fraction of sp³-hybridized carbons (Fsp3) is 0.471. The van der Waals surface area contributed by atoms with Crippen molar-refractivity contribution in [2.75, 3.05) is 19.7 Å². The normalized spacial score (nSPS) is 15.5. The number of nitrogens with one attached hydrogen (secondary N) is 2. The molecule has 0 bridgehead atoms. The fourth-order valence-electron chi connectivity index (χ4n) is 2.77. The second-order valence-corrected chi connectivity index (χ2v) is 6.30. The van der Waals surface area contributed by atoms with Crippen LogP contribution in [0.2, 0.25) is 0 Å². The lowest BCUT2D eigenvalue weighted by atomic mass is 10.1. The molecule has 3 rings (SSSR count). The van der Waals surface area contributed by atoms with Crippen LogP contribution in [0, 0.1) is 0 Å². The number of hydrogen-bond donors (Lipinski definition) is 2. The van der Waals surface area contributed by atoms with Crippen LogP contribution in [0.5, 0.6) is 5.75 Å². The van der Waals surface area contributed by atoms with Crippen LogP contribution >= 0.6 is 0 Å². The maximum atomic E-state index is 12.2. The van der Waals surface area contributed by atoms with Crippen molar-refractivity contribution >= 4 is 5.91 Å². The summed E-state index contributed by atoms with van der Waals surface area (Å²) in [5, 5.41) is 13.9. The summed E-state index contributed by atoms with van der Waals surface area (Å²) >= 11 is 0. The van der Waals surface area contributed by atoms with Crippen LogP contribution in [-0.2, 0) is 6.54 Å². The van der Waals surface area contributed by atoms with Gasteiger partial charge in [-0.3, -0.25) is 4.79 Å². The highest BCUT2D eigenvalue weighted by Crippen LogP contribution is 2.19. The molecule has 7 nitrogen and oxygen atoms in total. The average Bonchev–Trinajstić information content (AvgIpc) is 3.16. The van der Waals surface area contributed by atoms with Gasteiger partial charge in [0.15, 0.2) is 12.3 Å². The molecule has 146 valence electrons. The van der Waals surface area contributed by atoms with E-state index < -0.39 is 12.8 Å². The Hall–Kier alpha value is -2.62. The molecule has 10 heteroatoms. The number of carbonyl (C=O) groups excluding carboxylic acids is 1. The molecular weight excluding hydrogens is 363 g/mol. The molecule has 1 saturated heterocycles. The van der Waals surface area contributed by atoms with Crippen LogP contribution in [0.15, 0.2) is 30.5 Å². The van der Waals surface area contributed by atoms with E-state index in [1.54, 1.807) is 23.0 Å². The Bertz CT molecular complexity index is 755. The molecular formula is C17H20F3N5O2. The Morgan fingerprint density at radius 2 is 1.96 bits per heavy atom. The number of aromatic nitrogens is 3. The number of halogens is 3. The van der Waals surface area contributed by atoms with Gasteiger partial charge < -0.3 is 15.4 Å². The number of amides is 1. The van der Waals surface area contributed by atoms with Crippen molar-refractivity contribution < 1.29 is 22.7 Å². The molecule has 0 spiro atoms. The summed E-state index contributed by atoms with van der Waals surface area (Å²) in [5.41, 5.74) is 0.965. The van der Waals surface area contributed by atoms with Crippen molar-refractivity contribution in [2.24, 2.45) is 0 Å². The largest absolute Gasteiger partial charge is 0.484 e. The minimum atomic E-state index is -4.38. The molecule has 1 fully saturated rings. The molecule has 2 N–H and O–H groups in total. The molecule has 2 heterocycles. The summed E-state index contributed by atoms with van der Waals surface area (Å²) in [5.74, 6) is -0.236. The lowest BCUT2D eigenvalue weighted by Crippen LogP contribution is -2.29. The van der Waals surface area contributed by atoms with Gasteiger partial charge in [0.25, 0.3) is 5.91 Å². The van der Waals surface area contributed by atoms with E-state index in [1.807, 2.05) is 0 Å². The monoisotopic (exact) mass is 383 g/mol. The van der Waals surface area contributed by atoms with E-state index in [0.717, 1.165) is 31.5 Å². The van der Waals surface area contributed by atoms with E-state index >= 15 is 0 Å². The van der Waals surface area contributed by atoms with E-state index in [0.29, 0.717) is 0 Å². The number of hydrogen-bond acceptors (Lipinski definition) is 5. The van der Waals surface area contributed by atoms with Crippen LogP contribution in [0.1, 0.15) is 34.9 Å². The Morgan fingerprint density at radius 3 is 2.63 bits per heavy atom. The first-order chi connectivity index (χ1) is 12.9. The predicted octanol–water partition coefficient (Wildman–Crippen LogP) is 2.07. The maximum Gasteiger partial charge on any atom is 0.422 e. The summed E-state index contributed by atoms with van der Waals surface area (Å²) in [6, 6.07) is 6.29. The summed E-state index contributed by atoms with van der Waals surface area (Å²) in [4.78, 5) is 12.2. The van der Waals surface area contributed by atoms with E-state index in [1.165, 1.54) is 12.1 Å². The number of rotatable bonds is 6. The molecule has 27 heavy (non-hydrogen) atoms. The second kappa shape index (κ2) is 8.38. The van der Waals surface area contributed by atoms with Crippen molar-refractivity contribution in [3.05, 3.63) is 41.7 Å². The van der Waals surface area contributed by atoms with Gasteiger partial charge in [0, 0.05) is 6.54 Å². The smallest absolute Gasteiger partial charge is 0.422 e.